The van der Waals surface area contributed by atoms with Crippen molar-refractivity contribution in [2.45, 2.75) is 11.5 Å². The fraction of sp³-hybridized carbons (Fsp3) is 0.158. The van der Waals surface area contributed by atoms with Crippen molar-refractivity contribution in [1.82, 2.24) is 9.78 Å². The summed E-state index contributed by atoms with van der Waals surface area (Å²) >= 11 is 11.4. The SMILES string of the molecule is COc1ccc(-n2nc3c(c2NC(=O)c2cc(Br)ccc2Cl)CSC3)cc1. The number of halogens is 2. The lowest BCUT2D eigenvalue weighted by Gasteiger charge is -2.12. The summed E-state index contributed by atoms with van der Waals surface area (Å²) < 4.78 is 7.79. The van der Waals surface area contributed by atoms with Crippen LogP contribution in [0.25, 0.3) is 5.69 Å². The molecule has 0 saturated heterocycles. The van der Waals surface area contributed by atoms with Gasteiger partial charge in [-0.3, -0.25) is 4.79 Å². The number of carbonyl (C=O) groups is 1. The Morgan fingerprint density at radius 3 is 2.78 bits per heavy atom. The molecule has 0 unspecified atom stereocenters. The first-order chi connectivity index (χ1) is 13.1. The Hall–Kier alpha value is -1.96. The molecule has 0 fully saturated rings. The van der Waals surface area contributed by atoms with E-state index in [0.717, 1.165) is 38.7 Å². The summed E-state index contributed by atoms with van der Waals surface area (Å²) in [5.74, 6) is 2.82. The zero-order valence-electron chi connectivity index (χ0n) is 14.3. The molecule has 1 amide bonds. The largest absolute Gasteiger partial charge is 0.497 e. The first kappa shape index (κ1) is 18.4. The highest BCUT2D eigenvalue weighted by molar-refractivity contribution is 9.10. The topological polar surface area (TPSA) is 56.1 Å². The second-order valence-corrected chi connectivity index (χ2v) is 8.26. The molecular formula is C19H15BrClN3O2S. The zero-order chi connectivity index (χ0) is 19.0. The van der Waals surface area contributed by atoms with Crippen molar-refractivity contribution < 1.29 is 9.53 Å². The van der Waals surface area contributed by atoms with Gasteiger partial charge in [0.1, 0.15) is 11.6 Å². The second kappa shape index (κ2) is 7.58. The van der Waals surface area contributed by atoms with Gasteiger partial charge in [-0.2, -0.15) is 16.9 Å². The quantitative estimate of drug-likeness (QED) is 0.569. The summed E-state index contributed by atoms with van der Waals surface area (Å²) in [6, 6.07) is 12.8. The maximum atomic E-state index is 12.9. The predicted molar refractivity (Wildman–Crippen MR) is 112 cm³/mol. The zero-order valence-corrected chi connectivity index (χ0v) is 17.5. The molecule has 0 spiro atoms. The average Bonchev–Trinajstić information content (AvgIpc) is 3.26. The molecule has 8 heteroatoms. The van der Waals surface area contributed by atoms with Gasteiger partial charge in [0, 0.05) is 21.5 Å². The van der Waals surface area contributed by atoms with E-state index in [1.807, 2.05) is 24.3 Å². The van der Waals surface area contributed by atoms with Crippen molar-refractivity contribution >= 4 is 51.0 Å². The number of hydrogen-bond acceptors (Lipinski definition) is 4. The molecule has 0 bridgehead atoms. The molecule has 1 aliphatic heterocycles. The second-order valence-electron chi connectivity index (χ2n) is 5.95. The van der Waals surface area contributed by atoms with Crippen LogP contribution in [0, 0.1) is 0 Å². The Morgan fingerprint density at radius 2 is 2.04 bits per heavy atom. The standard InChI is InChI=1S/C19H15BrClN3O2S/c1-26-13-5-3-12(4-6-13)24-18(15-9-27-10-17(15)23-24)22-19(25)14-8-11(20)2-7-16(14)21/h2-8H,9-10H2,1H3,(H,22,25). The van der Waals surface area contributed by atoms with Gasteiger partial charge in [-0.15, -0.1) is 0 Å². The molecule has 0 atom stereocenters. The van der Waals surface area contributed by atoms with E-state index in [1.165, 1.54) is 0 Å². The molecule has 3 aromatic rings. The molecule has 0 saturated carbocycles. The van der Waals surface area contributed by atoms with E-state index in [-0.39, 0.29) is 5.91 Å². The van der Waals surface area contributed by atoms with Gasteiger partial charge in [0.05, 0.1) is 29.1 Å². The van der Waals surface area contributed by atoms with E-state index in [4.69, 9.17) is 21.4 Å². The number of ether oxygens (including phenoxy) is 1. The van der Waals surface area contributed by atoms with Crippen LogP contribution in [0.4, 0.5) is 5.82 Å². The van der Waals surface area contributed by atoms with Crippen molar-refractivity contribution in [1.29, 1.82) is 0 Å². The summed E-state index contributed by atoms with van der Waals surface area (Å²) in [6.45, 7) is 0. The monoisotopic (exact) mass is 463 g/mol. The summed E-state index contributed by atoms with van der Waals surface area (Å²) in [5.41, 5.74) is 3.31. The van der Waals surface area contributed by atoms with Crippen LogP contribution in [-0.4, -0.2) is 22.8 Å². The number of aromatic nitrogens is 2. The van der Waals surface area contributed by atoms with Crippen LogP contribution in [0.1, 0.15) is 21.6 Å². The van der Waals surface area contributed by atoms with Gasteiger partial charge >= 0.3 is 0 Å². The van der Waals surface area contributed by atoms with Gasteiger partial charge < -0.3 is 10.1 Å². The van der Waals surface area contributed by atoms with Gasteiger partial charge in [-0.1, -0.05) is 27.5 Å². The number of fused-ring (bicyclic) bond motifs is 1. The summed E-state index contributed by atoms with van der Waals surface area (Å²) in [4.78, 5) is 12.9. The average molecular weight is 465 g/mol. The van der Waals surface area contributed by atoms with Crippen LogP contribution in [0.5, 0.6) is 5.75 Å². The lowest BCUT2D eigenvalue weighted by Crippen LogP contribution is -2.16. The van der Waals surface area contributed by atoms with Gasteiger partial charge in [0.15, 0.2) is 0 Å². The number of rotatable bonds is 4. The van der Waals surface area contributed by atoms with Crippen molar-refractivity contribution in [2.24, 2.45) is 0 Å². The van der Waals surface area contributed by atoms with Crippen molar-refractivity contribution in [3.8, 4) is 11.4 Å². The maximum absolute atomic E-state index is 12.9. The Morgan fingerprint density at radius 1 is 1.26 bits per heavy atom. The number of thioether (sulfide) groups is 1. The molecule has 2 heterocycles. The summed E-state index contributed by atoms with van der Waals surface area (Å²) in [6.07, 6.45) is 0. The fourth-order valence-corrected chi connectivity index (χ4v) is 4.50. The normalized spacial score (nSPS) is 12.7. The Kier molecular flexibility index (Phi) is 5.16. The number of anilines is 1. The number of benzene rings is 2. The number of nitrogens with zero attached hydrogens (tertiary/aromatic N) is 2. The van der Waals surface area contributed by atoms with Crippen molar-refractivity contribution in [2.75, 3.05) is 12.4 Å². The Balaban J connectivity index is 1.73. The van der Waals surface area contributed by atoms with E-state index in [1.54, 1.807) is 41.8 Å². The van der Waals surface area contributed by atoms with E-state index in [9.17, 15) is 4.79 Å². The van der Waals surface area contributed by atoms with Crippen molar-refractivity contribution in [3.05, 3.63) is 68.8 Å². The van der Waals surface area contributed by atoms with E-state index in [2.05, 4.69) is 21.2 Å². The molecule has 4 rings (SSSR count). The lowest BCUT2D eigenvalue weighted by molar-refractivity contribution is 0.102. The van der Waals surface area contributed by atoms with Gasteiger partial charge in [-0.25, -0.2) is 4.68 Å². The lowest BCUT2D eigenvalue weighted by atomic mass is 10.2. The predicted octanol–water partition coefficient (Wildman–Crippen LogP) is 5.30. The third-order valence-corrected chi connectivity index (χ3v) is 6.07. The van der Waals surface area contributed by atoms with Crippen molar-refractivity contribution in [3.63, 3.8) is 0 Å². The Bertz CT molecular complexity index is 1020. The number of nitrogens with one attached hydrogen (secondary N) is 1. The highest BCUT2D eigenvalue weighted by Gasteiger charge is 2.25. The maximum Gasteiger partial charge on any atom is 0.258 e. The minimum Gasteiger partial charge on any atom is -0.497 e. The van der Waals surface area contributed by atoms with E-state index < -0.39 is 0 Å². The van der Waals surface area contributed by atoms with Gasteiger partial charge in [0.25, 0.3) is 5.91 Å². The van der Waals surface area contributed by atoms with E-state index in [0.29, 0.717) is 16.4 Å². The highest BCUT2D eigenvalue weighted by atomic mass is 79.9. The molecule has 1 aliphatic rings. The molecule has 27 heavy (non-hydrogen) atoms. The van der Waals surface area contributed by atoms with Crippen LogP contribution in [0.15, 0.2) is 46.9 Å². The summed E-state index contributed by atoms with van der Waals surface area (Å²) in [5, 5.41) is 8.12. The van der Waals surface area contributed by atoms with Crippen LogP contribution >= 0.6 is 39.3 Å². The number of hydrogen-bond donors (Lipinski definition) is 1. The Labute approximate surface area is 174 Å². The van der Waals surface area contributed by atoms with Crippen LogP contribution in [-0.2, 0) is 11.5 Å². The first-order valence-corrected chi connectivity index (χ1v) is 10.5. The van der Waals surface area contributed by atoms with E-state index >= 15 is 0 Å². The molecule has 1 N–H and O–H groups in total. The number of amides is 1. The summed E-state index contributed by atoms with van der Waals surface area (Å²) in [7, 11) is 1.63. The van der Waals surface area contributed by atoms with Gasteiger partial charge in [-0.05, 0) is 42.5 Å². The molecule has 138 valence electrons. The van der Waals surface area contributed by atoms with Crippen LogP contribution in [0.2, 0.25) is 5.02 Å². The third-order valence-electron chi connectivity index (χ3n) is 4.27. The highest BCUT2D eigenvalue weighted by Crippen LogP contribution is 2.36. The number of carbonyl (C=O) groups excluding carboxylic acids is 1. The molecule has 0 radical (unpaired) electrons. The fourth-order valence-electron chi connectivity index (χ4n) is 2.90. The molecular weight excluding hydrogens is 450 g/mol. The molecule has 0 aliphatic carbocycles. The molecule has 1 aromatic heterocycles. The smallest absolute Gasteiger partial charge is 0.258 e. The van der Waals surface area contributed by atoms with Gasteiger partial charge in [0.2, 0.25) is 0 Å². The first-order valence-electron chi connectivity index (χ1n) is 8.16. The van der Waals surface area contributed by atoms with Crippen LogP contribution in [0.3, 0.4) is 0 Å². The minimum atomic E-state index is -0.268. The minimum absolute atomic E-state index is 0.268. The molecule has 5 nitrogen and oxygen atoms in total. The third kappa shape index (κ3) is 3.59. The molecule has 2 aromatic carbocycles. The number of methoxy groups -OCH3 is 1. The van der Waals surface area contributed by atoms with Crippen LogP contribution < -0.4 is 10.1 Å².